The molecule has 162 valence electrons. The van der Waals surface area contributed by atoms with E-state index in [1.807, 2.05) is 23.1 Å². The van der Waals surface area contributed by atoms with Crippen LogP contribution in [-0.4, -0.2) is 40.3 Å². The molecule has 4 rings (SSSR count). The lowest BCUT2D eigenvalue weighted by Gasteiger charge is -2.26. The fourth-order valence-corrected chi connectivity index (χ4v) is 5.39. The Morgan fingerprint density at radius 1 is 1.10 bits per heavy atom. The third-order valence-electron chi connectivity index (χ3n) is 6.01. The van der Waals surface area contributed by atoms with E-state index in [0.29, 0.717) is 31.2 Å². The summed E-state index contributed by atoms with van der Waals surface area (Å²) in [6, 6.07) is 13.0. The number of benzene rings is 2. The lowest BCUT2D eigenvalue weighted by molar-refractivity contribution is 0.364. The minimum atomic E-state index is -3.67. The van der Waals surface area contributed by atoms with Gasteiger partial charge in [-0.3, -0.25) is 4.72 Å². The number of anilines is 2. The maximum Gasteiger partial charge on any atom is 0.261 e. The normalized spacial score (nSPS) is 21.5. The standard InChI is InChI=1S/C23H30FN3O2S/c1-2-12-25-20-5-3-18-15-21(6-4-17(18)14-20)26-30(28,29)23-9-7-22(8-10-23)27-13-11-19(24)16-27/h4,6-10,15,19-20,25-26H,2-3,5,11-14,16H2,1H3. The van der Waals surface area contributed by atoms with Crippen LogP contribution in [0.3, 0.4) is 0 Å². The molecule has 0 spiro atoms. The Balaban J connectivity index is 1.43. The monoisotopic (exact) mass is 431 g/mol. The zero-order valence-electron chi connectivity index (χ0n) is 17.4. The van der Waals surface area contributed by atoms with Crippen molar-refractivity contribution in [2.75, 3.05) is 29.3 Å². The maximum atomic E-state index is 13.4. The predicted octanol–water partition coefficient (Wildman–Crippen LogP) is 3.89. The van der Waals surface area contributed by atoms with Gasteiger partial charge in [-0.05, 0) is 86.2 Å². The second-order valence-corrected chi connectivity index (χ2v) is 9.99. The highest BCUT2D eigenvalue weighted by molar-refractivity contribution is 7.92. The first-order valence-corrected chi connectivity index (χ1v) is 12.3. The highest BCUT2D eigenvalue weighted by Gasteiger charge is 2.23. The Morgan fingerprint density at radius 3 is 2.60 bits per heavy atom. The summed E-state index contributed by atoms with van der Waals surface area (Å²) in [6.07, 6.45) is 3.85. The number of halogens is 1. The Kier molecular flexibility index (Phi) is 6.29. The van der Waals surface area contributed by atoms with Crippen molar-refractivity contribution in [2.24, 2.45) is 0 Å². The molecule has 30 heavy (non-hydrogen) atoms. The highest BCUT2D eigenvalue weighted by atomic mass is 32.2. The lowest BCUT2D eigenvalue weighted by Crippen LogP contribution is -2.35. The van der Waals surface area contributed by atoms with E-state index in [1.165, 1.54) is 11.1 Å². The molecule has 1 aliphatic heterocycles. The average molecular weight is 432 g/mol. The quantitative estimate of drug-likeness (QED) is 0.698. The zero-order chi connectivity index (χ0) is 21.1. The molecule has 0 radical (unpaired) electrons. The molecule has 1 aliphatic carbocycles. The number of hydrogen-bond donors (Lipinski definition) is 2. The van der Waals surface area contributed by atoms with E-state index in [-0.39, 0.29) is 4.90 Å². The molecule has 7 heteroatoms. The first-order valence-electron chi connectivity index (χ1n) is 10.8. The number of alkyl halides is 1. The number of rotatable bonds is 7. The molecule has 2 N–H and O–H groups in total. The van der Waals surface area contributed by atoms with Gasteiger partial charge in [0.1, 0.15) is 6.17 Å². The SMILES string of the molecule is CCCNC1CCc2cc(NS(=O)(=O)c3ccc(N4CCC(F)C4)cc3)ccc2C1. The van der Waals surface area contributed by atoms with E-state index >= 15 is 0 Å². The molecule has 2 aromatic rings. The highest BCUT2D eigenvalue weighted by Crippen LogP contribution is 2.27. The maximum absolute atomic E-state index is 13.4. The Hall–Kier alpha value is -2.12. The Bertz CT molecular complexity index is 978. The van der Waals surface area contributed by atoms with Gasteiger partial charge in [0.25, 0.3) is 10.0 Å². The molecule has 2 aliphatic rings. The molecule has 5 nitrogen and oxygen atoms in total. The van der Waals surface area contributed by atoms with E-state index < -0.39 is 16.2 Å². The van der Waals surface area contributed by atoms with Gasteiger partial charge in [-0.25, -0.2) is 12.8 Å². The summed E-state index contributed by atoms with van der Waals surface area (Å²) in [5.41, 5.74) is 3.96. The number of nitrogens with zero attached hydrogens (tertiary/aromatic N) is 1. The van der Waals surface area contributed by atoms with Crippen LogP contribution in [0.25, 0.3) is 0 Å². The molecule has 0 bridgehead atoms. The van der Waals surface area contributed by atoms with E-state index in [0.717, 1.165) is 37.9 Å². The van der Waals surface area contributed by atoms with Gasteiger partial charge in [0, 0.05) is 30.5 Å². The molecule has 2 atom stereocenters. The van der Waals surface area contributed by atoms with Gasteiger partial charge < -0.3 is 10.2 Å². The third-order valence-corrected chi connectivity index (χ3v) is 7.41. The van der Waals surface area contributed by atoms with Crippen LogP contribution < -0.4 is 14.9 Å². The summed E-state index contributed by atoms with van der Waals surface area (Å²) in [5, 5.41) is 3.58. The molecular weight excluding hydrogens is 401 g/mol. The largest absolute Gasteiger partial charge is 0.369 e. The van der Waals surface area contributed by atoms with Crippen molar-refractivity contribution >= 4 is 21.4 Å². The summed E-state index contributed by atoms with van der Waals surface area (Å²) >= 11 is 0. The van der Waals surface area contributed by atoms with Gasteiger partial charge in [-0.15, -0.1) is 0 Å². The summed E-state index contributed by atoms with van der Waals surface area (Å²) in [4.78, 5) is 2.16. The fourth-order valence-electron chi connectivity index (χ4n) is 4.34. The van der Waals surface area contributed by atoms with Crippen molar-refractivity contribution in [1.29, 1.82) is 0 Å². The van der Waals surface area contributed by atoms with Crippen molar-refractivity contribution in [3.8, 4) is 0 Å². The molecule has 2 unspecified atom stereocenters. The summed E-state index contributed by atoms with van der Waals surface area (Å²) < 4.78 is 41.8. The molecular formula is C23H30FN3O2S. The second-order valence-electron chi connectivity index (χ2n) is 8.31. The van der Waals surface area contributed by atoms with Gasteiger partial charge in [-0.2, -0.15) is 0 Å². The van der Waals surface area contributed by atoms with Gasteiger partial charge in [0.2, 0.25) is 0 Å². The van der Waals surface area contributed by atoms with Gasteiger partial charge in [-0.1, -0.05) is 13.0 Å². The van der Waals surface area contributed by atoms with Gasteiger partial charge in [0.05, 0.1) is 4.90 Å². The van der Waals surface area contributed by atoms with Crippen molar-refractivity contribution in [3.05, 3.63) is 53.6 Å². The van der Waals surface area contributed by atoms with Crippen LogP contribution in [0.4, 0.5) is 15.8 Å². The smallest absolute Gasteiger partial charge is 0.261 e. The number of sulfonamides is 1. The lowest BCUT2D eigenvalue weighted by atomic mass is 9.88. The molecule has 1 heterocycles. The number of hydrogen-bond acceptors (Lipinski definition) is 4. The van der Waals surface area contributed by atoms with Gasteiger partial charge >= 0.3 is 0 Å². The van der Waals surface area contributed by atoms with Crippen molar-refractivity contribution in [1.82, 2.24) is 5.32 Å². The van der Waals surface area contributed by atoms with E-state index in [4.69, 9.17) is 0 Å². The third kappa shape index (κ3) is 4.78. The number of fused-ring (bicyclic) bond motifs is 1. The molecule has 0 amide bonds. The summed E-state index contributed by atoms with van der Waals surface area (Å²) in [7, 11) is -3.67. The molecule has 1 saturated heterocycles. The van der Waals surface area contributed by atoms with Crippen molar-refractivity contribution in [2.45, 2.75) is 56.1 Å². The number of nitrogens with one attached hydrogen (secondary N) is 2. The van der Waals surface area contributed by atoms with Crippen molar-refractivity contribution < 1.29 is 12.8 Å². The average Bonchev–Trinajstić information content (AvgIpc) is 3.18. The van der Waals surface area contributed by atoms with Crippen LogP contribution in [0, 0.1) is 0 Å². The minimum Gasteiger partial charge on any atom is -0.369 e. The van der Waals surface area contributed by atoms with Crippen LogP contribution >= 0.6 is 0 Å². The van der Waals surface area contributed by atoms with Gasteiger partial charge in [0.15, 0.2) is 0 Å². The second kappa shape index (κ2) is 8.94. The first-order chi connectivity index (χ1) is 14.4. The van der Waals surface area contributed by atoms with Crippen LogP contribution in [0.1, 0.15) is 37.3 Å². The van der Waals surface area contributed by atoms with E-state index in [2.05, 4.69) is 17.0 Å². The van der Waals surface area contributed by atoms with Crippen LogP contribution in [0.2, 0.25) is 0 Å². The van der Waals surface area contributed by atoms with Crippen molar-refractivity contribution in [3.63, 3.8) is 0 Å². The zero-order valence-corrected chi connectivity index (χ0v) is 18.2. The summed E-state index contributed by atoms with van der Waals surface area (Å²) in [6.45, 7) is 4.23. The molecule has 0 saturated carbocycles. The Labute approximate surface area is 178 Å². The van der Waals surface area contributed by atoms with Crippen LogP contribution in [0.5, 0.6) is 0 Å². The molecule has 2 aromatic carbocycles. The van der Waals surface area contributed by atoms with Crippen LogP contribution in [0.15, 0.2) is 47.4 Å². The Morgan fingerprint density at radius 2 is 1.90 bits per heavy atom. The number of aryl methyl sites for hydroxylation is 1. The molecule has 0 aromatic heterocycles. The minimum absolute atomic E-state index is 0.212. The van der Waals surface area contributed by atoms with E-state index in [9.17, 15) is 12.8 Å². The molecule has 1 fully saturated rings. The summed E-state index contributed by atoms with van der Waals surface area (Å²) in [5.74, 6) is 0. The van der Waals surface area contributed by atoms with Crippen LogP contribution in [-0.2, 0) is 22.9 Å². The van der Waals surface area contributed by atoms with E-state index in [1.54, 1.807) is 24.3 Å². The fraction of sp³-hybridized carbons (Fsp3) is 0.478. The first kappa shape index (κ1) is 21.1. The topological polar surface area (TPSA) is 61.4 Å². The predicted molar refractivity (Wildman–Crippen MR) is 120 cm³/mol.